The minimum atomic E-state index is -3.97. The number of rotatable bonds is 12. The molecule has 2 aliphatic rings. The van der Waals surface area contributed by atoms with Crippen LogP contribution >= 0.6 is 0 Å². The third kappa shape index (κ3) is 8.02. The van der Waals surface area contributed by atoms with Crippen molar-refractivity contribution in [3.8, 4) is 0 Å². The molecule has 0 saturated heterocycles. The van der Waals surface area contributed by atoms with Gasteiger partial charge in [0.05, 0.1) is 6.42 Å². The van der Waals surface area contributed by atoms with Crippen LogP contribution in [0.25, 0.3) is 9.81 Å². The van der Waals surface area contributed by atoms with Crippen LogP contribution < -0.4 is 25.8 Å². The molecule has 16 heteroatoms. The number of hydrogen-bond donors (Lipinski definition) is 5. The minimum absolute atomic E-state index is 0.0457. The summed E-state index contributed by atoms with van der Waals surface area (Å²) in [7, 11) is -7.93. The van der Waals surface area contributed by atoms with Crippen molar-refractivity contribution in [1.82, 2.24) is 20.1 Å². The highest BCUT2D eigenvalue weighted by atomic mass is 32.2. The molecular formula is C32H29N5O9S2. The van der Waals surface area contributed by atoms with Crippen molar-refractivity contribution >= 4 is 59.4 Å². The molecule has 5 amide bonds. The van der Waals surface area contributed by atoms with Gasteiger partial charge < -0.3 is 16.4 Å². The topological polar surface area (TPSA) is 228 Å². The van der Waals surface area contributed by atoms with Gasteiger partial charge in [0.15, 0.2) is 0 Å². The molecule has 48 heavy (non-hydrogen) atoms. The summed E-state index contributed by atoms with van der Waals surface area (Å²) in [4.78, 5) is 61.7. The van der Waals surface area contributed by atoms with E-state index in [9.17, 15) is 40.8 Å². The first-order valence-corrected chi connectivity index (χ1v) is 17.4. The Morgan fingerprint density at radius 3 is 1.54 bits per heavy atom. The first kappa shape index (κ1) is 33.7. The van der Waals surface area contributed by atoms with E-state index in [4.69, 9.17) is 5.73 Å². The van der Waals surface area contributed by atoms with Crippen LogP contribution in [0.3, 0.4) is 0 Å². The highest BCUT2D eigenvalue weighted by molar-refractivity contribution is 8.00. The van der Waals surface area contributed by atoms with Gasteiger partial charge in [-0.25, -0.2) is 26.3 Å². The predicted molar refractivity (Wildman–Crippen MR) is 174 cm³/mol. The molecule has 0 radical (unpaired) electrons. The third-order valence-corrected chi connectivity index (χ3v) is 10.3. The highest BCUT2D eigenvalue weighted by Crippen LogP contribution is 2.25. The summed E-state index contributed by atoms with van der Waals surface area (Å²) in [6.45, 7) is 0. The molecule has 0 spiro atoms. The van der Waals surface area contributed by atoms with E-state index in [0.717, 1.165) is 17.7 Å². The average Bonchev–Trinajstić information content (AvgIpc) is 3.47. The van der Waals surface area contributed by atoms with Gasteiger partial charge in [-0.2, -0.15) is 0 Å². The van der Waals surface area contributed by atoms with Gasteiger partial charge >= 0.3 is 0 Å². The van der Waals surface area contributed by atoms with Crippen molar-refractivity contribution in [3.05, 3.63) is 119 Å². The Morgan fingerprint density at radius 2 is 1.08 bits per heavy atom. The van der Waals surface area contributed by atoms with Crippen LogP contribution in [-0.4, -0.2) is 58.5 Å². The molecule has 0 saturated carbocycles. The first-order chi connectivity index (χ1) is 22.7. The monoisotopic (exact) mass is 691 g/mol. The maximum absolute atomic E-state index is 13.5. The van der Waals surface area contributed by atoms with Gasteiger partial charge in [0.1, 0.15) is 21.9 Å². The number of sulfonamides is 2. The molecular weight excluding hydrogens is 663 g/mol. The summed E-state index contributed by atoms with van der Waals surface area (Å²) >= 11 is 0. The average molecular weight is 692 g/mol. The van der Waals surface area contributed by atoms with Crippen molar-refractivity contribution in [2.45, 2.75) is 31.3 Å². The van der Waals surface area contributed by atoms with Crippen LogP contribution in [0, 0.1) is 0 Å². The summed E-state index contributed by atoms with van der Waals surface area (Å²) in [6.07, 6.45) is 1.81. The van der Waals surface area contributed by atoms with Gasteiger partial charge in [-0.05, 0) is 27.8 Å². The Labute approximate surface area is 275 Å². The number of primary amides is 1. The quantitative estimate of drug-likeness (QED) is 0.169. The van der Waals surface area contributed by atoms with Gasteiger partial charge in [-0.15, -0.1) is 0 Å². The largest absolute Gasteiger partial charge is 0.368 e. The van der Waals surface area contributed by atoms with E-state index in [0.29, 0.717) is 11.1 Å². The van der Waals surface area contributed by atoms with Crippen molar-refractivity contribution in [1.29, 1.82) is 0 Å². The van der Waals surface area contributed by atoms with E-state index in [2.05, 4.69) is 10.6 Å². The molecule has 0 fully saturated rings. The molecule has 5 rings (SSSR count). The van der Waals surface area contributed by atoms with Crippen molar-refractivity contribution in [3.63, 3.8) is 0 Å². The van der Waals surface area contributed by atoms with E-state index >= 15 is 0 Å². The maximum atomic E-state index is 13.5. The van der Waals surface area contributed by atoms with Crippen molar-refractivity contribution in [2.24, 2.45) is 5.73 Å². The molecule has 3 aromatic carbocycles. The standard InChI is InChI=1S/C32H29N5O9S2/c33-31(41)24(14-20-6-10-22(11-7-20)26-17-29(39)36-47(26,43)44)35-32(42)25(15-19-4-2-1-3-5-19)34-28(38)16-21-8-12-23(13-9-21)27-18-30(40)37-48(27,45)46/h1-13,17-18,24-25H,14-16H2,(H2,33,41)(H,34,38)(H,35,42)(H,36,39)(H,37,40)/t24-,25+/m1/s1. The van der Waals surface area contributed by atoms with Crippen molar-refractivity contribution < 1.29 is 40.8 Å². The van der Waals surface area contributed by atoms with Crippen LogP contribution in [0.5, 0.6) is 0 Å². The summed E-state index contributed by atoms with van der Waals surface area (Å²) in [5.41, 5.74) is 7.90. The summed E-state index contributed by atoms with van der Waals surface area (Å²) in [6, 6.07) is 18.6. The smallest absolute Gasteiger partial charge is 0.265 e. The molecule has 14 nitrogen and oxygen atoms in total. The number of carbonyl (C=O) groups is 5. The van der Waals surface area contributed by atoms with Gasteiger partial charge in [-0.1, -0.05) is 78.9 Å². The Balaban J connectivity index is 1.27. The van der Waals surface area contributed by atoms with E-state index in [-0.39, 0.29) is 40.2 Å². The number of nitrogens with one attached hydrogen (secondary N) is 4. The minimum Gasteiger partial charge on any atom is -0.368 e. The van der Waals surface area contributed by atoms with Crippen LogP contribution in [0.1, 0.15) is 27.8 Å². The summed E-state index contributed by atoms with van der Waals surface area (Å²) < 4.78 is 52.3. The molecule has 6 N–H and O–H groups in total. The van der Waals surface area contributed by atoms with E-state index in [1.165, 1.54) is 48.5 Å². The Morgan fingerprint density at radius 1 is 0.625 bits per heavy atom. The fraction of sp³-hybridized carbons (Fsp3) is 0.156. The summed E-state index contributed by atoms with van der Waals surface area (Å²) in [5.74, 6) is -3.56. The molecule has 2 heterocycles. The fourth-order valence-corrected chi connectivity index (χ4v) is 7.40. The van der Waals surface area contributed by atoms with E-state index in [1.54, 1.807) is 30.3 Å². The Hall–Kier alpha value is -5.61. The summed E-state index contributed by atoms with van der Waals surface area (Å²) in [5, 5.41) is 5.31. The molecule has 2 atom stereocenters. The van der Waals surface area contributed by atoms with Crippen LogP contribution in [-0.2, 0) is 63.3 Å². The Bertz CT molecular complexity index is 2080. The van der Waals surface area contributed by atoms with Gasteiger partial charge in [-0.3, -0.25) is 24.0 Å². The SMILES string of the molecule is NC(=O)[C@@H](Cc1ccc(C2=CC(=O)NS2(=O)=O)cc1)NC(=O)[C@H](Cc1ccccc1)NC(=O)Cc1ccc(C2=CC(=O)NS2(=O)=O)cc1. The lowest BCUT2D eigenvalue weighted by atomic mass is 10.0. The third-order valence-electron chi connectivity index (χ3n) is 7.45. The number of carbonyl (C=O) groups excluding carboxylic acids is 5. The van der Waals surface area contributed by atoms with Crippen molar-refractivity contribution in [2.75, 3.05) is 0 Å². The molecule has 0 aliphatic carbocycles. The lowest BCUT2D eigenvalue weighted by molar-refractivity contribution is -0.131. The number of nitrogens with two attached hydrogens (primary N) is 1. The second-order valence-corrected chi connectivity index (χ2v) is 14.3. The molecule has 3 aromatic rings. The van der Waals surface area contributed by atoms with E-state index in [1.807, 2.05) is 9.44 Å². The number of hydrogen-bond acceptors (Lipinski definition) is 9. The molecule has 2 aliphatic heterocycles. The molecule has 0 unspecified atom stereocenters. The zero-order chi connectivity index (χ0) is 34.6. The maximum Gasteiger partial charge on any atom is 0.265 e. The first-order valence-electron chi connectivity index (χ1n) is 14.4. The molecule has 0 aromatic heterocycles. The van der Waals surface area contributed by atoms with E-state index < -0.39 is 61.7 Å². The number of amides is 5. The zero-order valence-corrected chi connectivity index (χ0v) is 26.6. The predicted octanol–water partition coefficient (Wildman–Crippen LogP) is -0.230. The molecule has 248 valence electrons. The van der Waals surface area contributed by atoms with Gasteiger partial charge in [0.25, 0.3) is 31.9 Å². The highest BCUT2D eigenvalue weighted by Gasteiger charge is 2.31. The van der Waals surface area contributed by atoms with Crippen LogP contribution in [0.2, 0.25) is 0 Å². The number of benzene rings is 3. The molecule has 0 bridgehead atoms. The lowest BCUT2D eigenvalue weighted by Gasteiger charge is -2.22. The van der Waals surface area contributed by atoms with Crippen LogP contribution in [0.15, 0.2) is 91.0 Å². The van der Waals surface area contributed by atoms with Gasteiger partial charge in [0.2, 0.25) is 17.7 Å². The van der Waals surface area contributed by atoms with Gasteiger partial charge in [0, 0.05) is 25.0 Å². The fourth-order valence-electron chi connectivity index (χ4n) is 5.12. The second kappa shape index (κ2) is 13.6. The Kier molecular flexibility index (Phi) is 9.58. The zero-order valence-electron chi connectivity index (χ0n) is 25.0. The second-order valence-electron chi connectivity index (χ2n) is 11.0. The van der Waals surface area contributed by atoms with Crippen LogP contribution in [0.4, 0.5) is 0 Å². The normalized spacial score (nSPS) is 17.2. The lowest BCUT2D eigenvalue weighted by Crippen LogP contribution is -2.54.